The monoisotopic (exact) mass is 254 g/mol. The maximum atomic E-state index is 12.2. The van der Waals surface area contributed by atoms with E-state index < -0.39 is 0 Å². The van der Waals surface area contributed by atoms with E-state index in [2.05, 4.69) is 10.6 Å². The largest absolute Gasteiger partial charge is 0.365 e. The van der Waals surface area contributed by atoms with Crippen molar-refractivity contribution in [3.05, 3.63) is 0 Å². The fourth-order valence-corrected chi connectivity index (χ4v) is 2.86. The first kappa shape index (κ1) is 13.8. The summed E-state index contributed by atoms with van der Waals surface area (Å²) >= 11 is 0. The van der Waals surface area contributed by atoms with Gasteiger partial charge in [-0.3, -0.25) is 4.79 Å². The summed E-state index contributed by atoms with van der Waals surface area (Å²) in [5.41, 5.74) is 0. The maximum Gasteiger partial charge on any atom is 0.249 e. The molecule has 2 N–H and O–H groups in total. The van der Waals surface area contributed by atoms with Crippen LogP contribution in [0, 0.1) is 0 Å². The summed E-state index contributed by atoms with van der Waals surface area (Å²) in [6.45, 7) is 4.04. The number of amides is 1. The maximum absolute atomic E-state index is 12.2. The van der Waals surface area contributed by atoms with E-state index in [1.807, 2.05) is 6.92 Å². The molecule has 2 rings (SSSR count). The highest BCUT2D eigenvalue weighted by molar-refractivity contribution is 5.81. The second-order valence-corrected chi connectivity index (χ2v) is 5.47. The van der Waals surface area contributed by atoms with Gasteiger partial charge < -0.3 is 15.4 Å². The van der Waals surface area contributed by atoms with Gasteiger partial charge >= 0.3 is 0 Å². The van der Waals surface area contributed by atoms with E-state index in [0.29, 0.717) is 12.1 Å². The topological polar surface area (TPSA) is 50.4 Å². The van der Waals surface area contributed by atoms with Crippen LogP contribution < -0.4 is 10.6 Å². The molecule has 1 aliphatic carbocycles. The smallest absolute Gasteiger partial charge is 0.249 e. The van der Waals surface area contributed by atoms with Crippen LogP contribution in [0.1, 0.15) is 51.9 Å². The van der Waals surface area contributed by atoms with Crippen molar-refractivity contribution in [2.24, 2.45) is 0 Å². The van der Waals surface area contributed by atoms with Crippen LogP contribution in [0.25, 0.3) is 0 Å². The molecule has 1 aliphatic heterocycles. The number of nitrogens with one attached hydrogen (secondary N) is 2. The van der Waals surface area contributed by atoms with Gasteiger partial charge in [0, 0.05) is 6.04 Å². The van der Waals surface area contributed by atoms with E-state index in [9.17, 15) is 4.79 Å². The average molecular weight is 254 g/mol. The lowest BCUT2D eigenvalue weighted by molar-refractivity contribution is -0.137. The minimum atomic E-state index is -0.247. The fraction of sp³-hybridized carbons (Fsp3) is 0.929. The second-order valence-electron chi connectivity index (χ2n) is 5.47. The van der Waals surface area contributed by atoms with Crippen LogP contribution in [-0.4, -0.2) is 37.2 Å². The Morgan fingerprint density at radius 1 is 1.28 bits per heavy atom. The summed E-state index contributed by atoms with van der Waals surface area (Å²) in [5, 5.41) is 6.45. The highest BCUT2D eigenvalue weighted by Crippen LogP contribution is 2.23. The molecule has 18 heavy (non-hydrogen) atoms. The highest BCUT2D eigenvalue weighted by atomic mass is 16.5. The van der Waals surface area contributed by atoms with Crippen molar-refractivity contribution in [1.82, 2.24) is 10.6 Å². The first-order valence-corrected chi connectivity index (χ1v) is 7.46. The first-order valence-electron chi connectivity index (χ1n) is 7.46. The Morgan fingerprint density at radius 2 is 1.94 bits per heavy atom. The summed E-state index contributed by atoms with van der Waals surface area (Å²) in [4.78, 5) is 12.2. The third-order valence-corrected chi connectivity index (χ3v) is 4.01. The van der Waals surface area contributed by atoms with Crippen molar-refractivity contribution in [3.8, 4) is 0 Å². The molecule has 0 radical (unpaired) electrons. The molecular formula is C14H26N2O2. The van der Waals surface area contributed by atoms with Crippen LogP contribution in [0.15, 0.2) is 0 Å². The van der Waals surface area contributed by atoms with Gasteiger partial charge in [-0.15, -0.1) is 0 Å². The van der Waals surface area contributed by atoms with Gasteiger partial charge in [-0.05, 0) is 45.2 Å². The molecule has 104 valence electrons. The molecule has 4 nitrogen and oxygen atoms in total. The Balaban J connectivity index is 1.76. The standard InChI is InChI=1S/C14H26N2O2/c1-2-13(18-12-5-3-4-6-12)14(17)16-11-7-9-15-10-8-11/h11-13,15H,2-10H2,1H3,(H,16,17). The fourth-order valence-electron chi connectivity index (χ4n) is 2.86. The van der Waals surface area contributed by atoms with Gasteiger partial charge in [-0.2, -0.15) is 0 Å². The Labute approximate surface area is 110 Å². The lowest BCUT2D eigenvalue weighted by atomic mass is 10.1. The van der Waals surface area contributed by atoms with E-state index in [4.69, 9.17) is 4.74 Å². The third kappa shape index (κ3) is 3.95. The normalized spacial score (nSPS) is 24.1. The molecule has 2 aliphatic rings. The predicted octanol–water partition coefficient (Wildman–Crippen LogP) is 1.59. The van der Waals surface area contributed by atoms with Gasteiger partial charge in [-0.25, -0.2) is 0 Å². The lowest BCUT2D eigenvalue weighted by Crippen LogP contribution is -2.47. The van der Waals surface area contributed by atoms with Crippen LogP contribution in [0.4, 0.5) is 0 Å². The summed E-state index contributed by atoms with van der Waals surface area (Å²) in [6, 6.07) is 0.333. The zero-order chi connectivity index (χ0) is 12.8. The van der Waals surface area contributed by atoms with Crippen molar-refractivity contribution in [2.75, 3.05) is 13.1 Å². The quantitative estimate of drug-likeness (QED) is 0.783. The lowest BCUT2D eigenvalue weighted by Gasteiger charge is -2.27. The number of carbonyl (C=O) groups is 1. The molecule has 1 saturated carbocycles. The molecule has 1 heterocycles. The summed E-state index contributed by atoms with van der Waals surface area (Å²) < 4.78 is 5.94. The van der Waals surface area contributed by atoms with Crippen LogP contribution in [0.2, 0.25) is 0 Å². The van der Waals surface area contributed by atoms with Crippen LogP contribution >= 0.6 is 0 Å². The number of piperidine rings is 1. The Morgan fingerprint density at radius 3 is 2.56 bits per heavy atom. The molecule has 0 spiro atoms. The van der Waals surface area contributed by atoms with Crippen molar-refractivity contribution >= 4 is 5.91 Å². The molecular weight excluding hydrogens is 228 g/mol. The van der Waals surface area contributed by atoms with Gasteiger partial charge in [0.2, 0.25) is 5.91 Å². The van der Waals surface area contributed by atoms with Crippen molar-refractivity contribution < 1.29 is 9.53 Å². The predicted molar refractivity (Wildman–Crippen MR) is 71.5 cm³/mol. The number of hydrogen-bond donors (Lipinski definition) is 2. The zero-order valence-corrected chi connectivity index (χ0v) is 11.4. The van der Waals surface area contributed by atoms with E-state index in [1.165, 1.54) is 12.8 Å². The molecule has 2 fully saturated rings. The molecule has 0 aromatic heterocycles. The molecule has 0 aromatic carbocycles. The van der Waals surface area contributed by atoms with Crippen LogP contribution in [0.3, 0.4) is 0 Å². The third-order valence-electron chi connectivity index (χ3n) is 4.01. The van der Waals surface area contributed by atoms with Crippen LogP contribution in [-0.2, 0) is 9.53 Å². The van der Waals surface area contributed by atoms with E-state index in [1.54, 1.807) is 0 Å². The van der Waals surface area contributed by atoms with Gasteiger partial charge in [0.15, 0.2) is 0 Å². The molecule has 1 amide bonds. The van der Waals surface area contributed by atoms with Gasteiger partial charge in [-0.1, -0.05) is 19.8 Å². The molecule has 0 aromatic rings. The molecule has 1 atom stereocenters. The summed E-state index contributed by atoms with van der Waals surface area (Å²) in [5.74, 6) is 0.0938. The van der Waals surface area contributed by atoms with E-state index in [0.717, 1.165) is 45.2 Å². The number of hydrogen-bond acceptors (Lipinski definition) is 3. The van der Waals surface area contributed by atoms with Crippen molar-refractivity contribution in [1.29, 1.82) is 0 Å². The zero-order valence-electron chi connectivity index (χ0n) is 11.4. The summed E-state index contributed by atoms with van der Waals surface area (Å²) in [7, 11) is 0. The average Bonchev–Trinajstić information content (AvgIpc) is 2.90. The minimum absolute atomic E-state index is 0.0938. The van der Waals surface area contributed by atoms with Crippen molar-refractivity contribution in [2.45, 2.75) is 70.1 Å². The summed E-state index contributed by atoms with van der Waals surface area (Å²) in [6.07, 6.45) is 7.64. The van der Waals surface area contributed by atoms with Crippen molar-refractivity contribution in [3.63, 3.8) is 0 Å². The van der Waals surface area contributed by atoms with Gasteiger partial charge in [0.05, 0.1) is 6.10 Å². The van der Waals surface area contributed by atoms with E-state index >= 15 is 0 Å². The number of carbonyl (C=O) groups excluding carboxylic acids is 1. The molecule has 4 heteroatoms. The Bertz CT molecular complexity index is 259. The molecule has 1 unspecified atom stereocenters. The first-order chi connectivity index (χ1) is 8.79. The van der Waals surface area contributed by atoms with Gasteiger partial charge in [0.25, 0.3) is 0 Å². The van der Waals surface area contributed by atoms with Crippen LogP contribution in [0.5, 0.6) is 0 Å². The van der Waals surface area contributed by atoms with E-state index in [-0.39, 0.29) is 12.0 Å². The Kier molecular flexibility index (Phi) is 5.45. The Hall–Kier alpha value is -0.610. The minimum Gasteiger partial charge on any atom is -0.365 e. The highest BCUT2D eigenvalue weighted by Gasteiger charge is 2.26. The number of ether oxygens (including phenoxy) is 1. The molecule has 0 bridgehead atoms. The SMILES string of the molecule is CCC(OC1CCCC1)C(=O)NC1CCNCC1. The van der Waals surface area contributed by atoms with Gasteiger partial charge in [0.1, 0.15) is 6.10 Å². The molecule has 1 saturated heterocycles. The second kappa shape index (κ2) is 7.10. The number of rotatable bonds is 5.